The Morgan fingerprint density at radius 2 is 2.10 bits per heavy atom. The van der Waals surface area contributed by atoms with E-state index in [1.54, 1.807) is 22.0 Å². The fraction of sp³-hybridized carbons (Fsp3) is 0.474. The molecule has 0 aromatic carbocycles. The Kier molecular flexibility index (Phi) is 4.70. The fourth-order valence-corrected chi connectivity index (χ4v) is 3.73. The van der Waals surface area contributed by atoms with Crippen molar-refractivity contribution in [3.05, 3.63) is 40.1 Å². The molecular weight excluding hydrogens is 380 g/mol. The van der Waals surface area contributed by atoms with Crippen LogP contribution in [0.5, 0.6) is 0 Å². The van der Waals surface area contributed by atoms with E-state index in [1.807, 2.05) is 19.9 Å². The van der Waals surface area contributed by atoms with Crippen LogP contribution in [0, 0.1) is 11.3 Å². The molecule has 0 aliphatic carbocycles. The number of hydrogen-bond donors (Lipinski definition) is 1. The van der Waals surface area contributed by atoms with Gasteiger partial charge in [0, 0.05) is 36.8 Å². The third kappa shape index (κ3) is 3.53. The summed E-state index contributed by atoms with van der Waals surface area (Å²) in [5, 5.41) is 17.6. The highest BCUT2D eigenvalue weighted by Gasteiger charge is 2.37. The summed E-state index contributed by atoms with van der Waals surface area (Å²) >= 11 is 0. The maximum Gasteiger partial charge on any atom is 0.278 e. The molecule has 1 aliphatic heterocycles. The van der Waals surface area contributed by atoms with Crippen molar-refractivity contribution in [1.29, 1.82) is 5.26 Å². The Hall–Kier alpha value is -3.06. The minimum Gasteiger partial charge on any atom is -0.338 e. The molecule has 0 atom stereocenters. The van der Waals surface area contributed by atoms with Gasteiger partial charge in [-0.1, -0.05) is 13.8 Å². The summed E-state index contributed by atoms with van der Waals surface area (Å²) in [6.45, 7) is 4.92. The third-order valence-corrected chi connectivity index (χ3v) is 5.22. The second kappa shape index (κ2) is 7.08. The van der Waals surface area contributed by atoms with Crippen LogP contribution in [0.15, 0.2) is 23.4 Å². The number of likely N-dealkylation sites (tertiary alicyclic amines) is 1. The largest absolute Gasteiger partial charge is 0.338 e. The number of nitrogens with zero attached hydrogens (tertiary/aromatic N) is 6. The van der Waals surface area contributed by atoms with E-state index in [0.29, 0.717) is 42.1 Å². The number of nitrogens with one attached hydrogen (secondary N) is 1. The van der Waals surface area contributed by atoms with E-state index < -0.39 is 5.92 Å². The molecule has 0 radical (unpaired) electrons. The highest BCUT2D eigenvalue weighted by Crippen LogP contribution is 2.27. The van der Waals surface area contributed by atoms with Crippen molar-refractivity contribution < 1.29 is 8.78 Å². The van der Waals surface area contributed by atoms with Crippen molar-refractivity contribution in [3.8, 4) is 17.3 Å². The van der Waals surface area contributed by atoms with Gasteiger partial charge >= 0.3 is 0 Å². The lowest BCUT2D eigenvalue weighted by Gasteiger charge is -2.15. The van der Waals surface area contributed by atoms with Crippen LogP contribution in [0.3, 0.4) is 0 Å². The molecule has 0 spiro atoms. The first kappa shape index (κ1) is 19.3. The van der Waals surface area contributed by atoms with Crippen molar-refractivity contribution in [3.63, 3.8) is 0 Å². The van der Waals surface area contributed by atoms with Gasteiger partial charge in [-0.25, -0.2) is 8.78 Å². The molecule has 0 amide bonds. The van der Waals surface area contributed by atoms with Gasteiger partial charge < -0.3 is 4.98 Å². The topological polar surface area (TPSA) is 95.0 Å². The number of hydrogen-bond acceptors (Lipinski definition) is 5. The number of rotatable bonds is 5. The van der Waals surface area contributed by atoms with Crippen LogP contribution < -0.4 is 5.56 Å². The van der Waals surface area contributed by atoms with E-state index in [1.165, 1.54) is 10.7 Å². The fourth-order valence-electron chi connectivity index (χ4n) is 3.73. The molecule has 29 heavy (non-hydrogen) atoms. The summed E-state index contributed by atoms with van der Waals surface area (Å²) < 4.78 is 29.6. The zero-order valence-electron chi connectivity index (χ0n) is 16.2. The van der Waals surface area contributed by atoms with Crippen molar-refractivity contribution in [2.45, 2.75) is 38.7 Å². The summed E-state index contributed by atoms with van der Waals surface area (Å²) in [5.41, 5.74) is 2.17. The van der Waals surface area contributed by atoms with E-state index in [-0.39, 0.29) is 30.0 Å². The van der Waals surface area contributed by atoms with Crippen LogP contribution in [0.1, 0.15) is 37.3 Å². The van der Waals surface area contributed by atoms with Gasteiger partial charge in [-0.2, -0.15) is 20.0 Å². The quantitative estimate of drug-likeness (QED) is 0.707. The Labute approximate surface area is 165 Å². The smallest absolute Gasteiger partial charge is 0.278 e. The average molecular weight is 401 g/mol. The van der Waals surface area contributed by atoms with Crippen LogP contribution in [-0.2, 0) is 6.54 Å². The van der Waals surface area contributed by atoms with Crippen molar-refractivity contribution in [1.82, 2.24) is 29.3 Å². The van der Waals surface area contributed by atoms with E-state index >= 15 is 0 Å². The lowest BCUT2D eigenvalue weighted by atomic mass is 10.00. The molecule has 0 saturated carbocycles. The first-order valence-electron chi connectivity index (χ1n) is 9.46. The first-order chi connectivity index (χ1) is 13.8. The molecule has 1 aliphatic rings. The SMILES string of the molecule is CC(C)c1c(-c2cnn(CCN3CCC(F)(F)C3)c2)[nH]c2c(C#N)cnn2c1=O. The molecule has 4 heterocycles. The minimum atomic E-state index is -2.61. The third-order valence-electron chi connectivity index (χ3n) is 5.22. The zero-order valence-corrected chi connectivity index (χ0v) is 16.2. The second-order valence-corrected chi connectivity index (χ2v) is 7.68. The van der Waals surface area contributed by atoms with Gasteiger partial charge in [0.05, 0.1) is 31.2 Å². The number of aromatic nitrogens is 5. The Morgan fingerprint density at radius 1 is 1.31 bits per heavy atom. The van der Waals surface area contributed by atoms with Gasteiger partial charge in [-0.15, -0.1) is 0 Å². The second-order valence-electron chi connectivity index (χ2n) is 7.68. The Morgan fingerprint density at radius 3 is 2.76 bits per heavy atom. The van der Waals surface area contributed by atoms with Crippen LogP contribution in [0.4, 0.5) is 8.78 Å². The Balaban J connectivity index is 1.65. The van der Waals surface area contributed by atoms with Crippen LogP contribution in [0.2, 0.25) is 0 Å². The van der Waals surface area contributed by atoms with Crippen LogP contribution in [0.25, 0.3) is 16.9 Å². The molecule has 4 rings (SSSR count). The van der Waals surface area contributed by atoms with E-state index in [0.717, 1.165) is 0 Å². The lowest BCUT2D eigenvalue weighted by Crippen LogP contribution is -2.28. The maximum absolute atomic E-state index is 13.3. The summed E-state index contributed by atoms with van der Waals surface area (Å²) in [6.07, 6.45) is 4.66. The lowest BCUT2D eigenvalue weighted by molar-refractivity contribution is 0.0119. The predicted octanol–water partition coefficient (Wildman–Crippen LogP) is 2.22. The van der Waals surface area contributed by atoms with Gasteiger partial charge in [-0.3, -0.25) is 14.4 Å². The minimum absolute atomic E-state index is 0.0805. The molecule has 1 saturated heterocycles. The maximum atomic E-state index is 13.3. The summed E-state index contributed by atoms with van der Waals surface area (Å²) in [7, 11) is 0. The summed E-state index contributed by atoms with van der Waals surface area (Å²) in [5.74, 6) is -2.69. The van der Waals surface area contributed by atoms with E-state index in [4.69, 9.17) is 0 Å². The van der Waals surface area contributed by atoms with Gasteiger partial charge in [0.25, 0.3) is 11.5 Å². The van der Waals surface area contributed by atoms with Gasteiger partial charge in [0.1, 0.15) is 11.6 Å². The average Bonchev–Trinajstić information content (AvgIpc) is 3.37. The summed E-state index contributed by atoms with van der Waals surface area (Å²) in [6, 6.07) is 2.03. The number of halogens is 2. The van der Waals surface area contributed by atoms with Crippen molar-refractivity contribution in [2.75, 3.05) is 19.6 Å². The van der Waals surface area contributed by atoms with E-state index in [9.17, 15) is 18.8 Å². The molecular formula is C19H21F2N7O. The summed E-state index contributed by atoms with van der Waals surface area (Å²) in [4.78, 5) is 17.8. The molecule has 0 unspecified atom stereocenters. The molecule has 1 N–H and O–H groups in total. The highest BCUT2D eigenvalue weighted by atomic mass is 19.3. The number of alkyl halides is 2. The number of aromatic amines is 1. The normalized spacial score (nSPS) is 16.7. The van der Waals surface area contributed by atoms with Gasteiger partial charge in [-0.05, 0) is 5.92 Å². The van der Waals surface area contributed by atoms with E-state index in [2.05, 4.69) is 15.2 Å². The first-order valence-corrected chi connectivity index (χ1v) is 9.46. The highest BCUT2D eigenvalue weighted by molar-refractivity contribution is 5.67. The molecule has 0 bridgehead atoms. The zero-order chi connectivity index (χ0) is 20.8. The Bertz CT molecular complexity index is 1150. The molecule has 10 heteroatoms. The number of nitriles is 1. The van der Waals surface area contributed by atoms with Gasteiger partial charge in [0.2, 0.25) is 0 Å². The predicted molar refractivity (Wildman–Crippen MR) is 102 cm³/mol. The van der Waals surface area contributed by atoms with Crippen LogP contribution in [-0.4, -0.2) is 54.8 Å². The number of H-pyrrole nitrogens is 1. The van der Waals surface area contributed by atoms with Crippen LogP contribution >= 0.6 is 0 Å². The molecule has 3 aromatic rings. The molecule has 3 aromatic heterocycles. The number of fused-ring (bicyclic) bond motifs is 1. The van der Waals surface area contributed by atoms with Gasteiger partial charge in [0.15, 0.2) is 5.65 Å². The van der Waals surface area contributed by atoms with Crippen molar-refractivity contribution >= 4 is 5.65 Å². The molecule has 1 fully saturated rings. The molecule has 152 valence electrons. The monoisotopic (exact) mass is 401 g/mol. The van der Waals surface area contributed by atoms with Crippen molar-refractivity contribution in [2.24, 2.45) is 0 Å². The molecule has 8 nitrogen and oxygen atoms in total. The standard InChI is InChI=1S/C19H21F2N7O/c1-12(2)15-16(25-17-13(7-22)8-24-28(17)18(15)29)14-9-23-27(10-14)6-5-26-4-3-19(20,21)11-26/h8-10,12,25H,3-6,11H2,1-2H3.